The van der Waals surface area contributed by atoms with Crippen LogP contribution in [0.3, 0.4) is 0 Å². The minimum absolute atomic E-state index is 0.0839. The van der Waals surface area contributed by atoms with Crippen molar-refractivity contribution in [3.05, 3.63) is 52.1 Å². The average molecular weight is 431 g/mol. The van der Waals surface area contributed by atoms with E-state index in [0.29, 0.717) is 19.4 Å². The van der Waals surface area contributed by atoms with Crippen LogP contribution in [0.5, 0.6) is 5.75 Å². The van der Waals surface area contributed by atoms with E-state index >= 15 is 0 Å². The molecule has 150 valence electrons. The zero-order chi connectivity index (χ0) is 20.4. The normalized spacial score (nSPS) is 15.7. The lowest BCUT2D eigenvalue weighted by atomic mass is 10.1. The number of benzene rings is 2. The number of aromatic nitrogens is 1. The Bertz CT molecular complexity index is 1070. The number of rotatable bonds is 8. The number of anilines is 1. The SMILES string of the molecule is CSc1nc2c(CN(C=O)c3cccc(OC4CCO4)c3[N+](=O)[O-])cccc2s1. The fraction of sp³-hybridized carbons (Fsp3) is 0.263. The Balaban J connectivity index is 1.71. The van der Waals surface area contributed by atoms with Gasteiger partial charge < -0.3 is 14.4 Å². The third-order valence-electron chi connectivity index (χ3n) is 4.51. The maximum atomic E-state index is 11.9. The van der Waals surface area contributed by atoms with E-state index in [9.17, 15) is 14.9 Å². The van der Waals surface area contributed by atoms with E-state index in [1.54, 1.807) is 29.2 Å². The van der Waals surface area contributed by atoms with Crippen LogP contribution in [0.1, 0.15) is 12.0 Å². The van der Waals surface area contributed by atoms with E-state index in [1.807, 2.05) is 24.5 Å². The number of para-hydroxylation sites is 2. The summed E-state index contributed by atoms with van der Waals surface area (Å²) in [7, 11) is 0. The van der Waals surface area contributed by atoms with Gasteiger partial charge in [0.05, 0.1) is 28.3 Å². The van der Waals surface area contributed by atoms with Crippen molar-refractivity contribution in [2.24, 2.45) is 0 Å². The lowest BCUT2D eigenvalue weighted by Crippen LogP contribution is -2.32. The second-order valence-electron chi connectivity index (χ2n) is 6.27. The van der Waals surface area contributed by atoms with Gasteiger partial charge in [0, 0.05) is 6.42 Å². The first-order chi connectivity index (χ1) is 14.1. The van der Waals surface area contributed by atoms with Crippen LogP contribution in [0.25, 0.3) is 10.2 Å². The molecule has 2 heterocycles. The smallest absolute Gasteiger partial charge is 0.334 e. The third-order valence-corrected chi connectivity index (χ3v) is 6.52. The number of nitrogens with zero attached hydrogens (tertiary/aromatic N) is 3. The van der Waals surface area contributed by atoms with Gasteiger partial charge >= 0.3 is 5.69 Å². The number of hydrogen-bond donors (Lipinski definition) is 0. The van der Waals surface area contributed by atoms with Crippen molar-refractivity contribution in [2.75, 3.05) is 17.8 Å². The number of ether oxygens (including phenoxy) is 2. The van der Waals surface area contributed by atoms with Crippen LogP contribution >= 0.6 is 23.1 Å². The highest BCUT2D eigenvalue weighted by Crippen LogP contribution is 2.39. The molecule has 1 aliphatic rings. The molecule has 29 heavy (non-hydrogen) atoms. The Morgan fingerprint density at radius 3 is 2.86 bits per heavy atom. The van der Waals surface area contributed by atoms with E-state index < -0.39 is 11.2 Å². The number of amides is 1. The number of hydrogen-bond acceptors (Lipinski definition) is 8. The largest absolute Gasteiger partial charge is 0.458 e. The molecular formula is C19H17N3O5S2. The van der Waals surface area contributed by atoms with Gasteiger partial charge in [-0.25, -0.2) is 4.98 Å². The molecule has 1 aromatic heterocycles. The number of fused-ring (bicyclic) bond motifs is 1. The van der Waals surface area contributed by atoms with E-state index in [4.69, 9.17) is 9.47 Å². The third kappa shape index (κ3) is 3.91. The summed E-state index contributed by atoms with van der Waals surface area (Å²) >= 11 is 3.12. The van der Waals surface area contributed by atoms with Crippen LogP contribution < -0.4 is 9.64 Å². The lowest BCUT2D eigenvalue weighted by molar-refractivity contribution is -0.385. The van der Waals surface area contributed by atoms with Gasteiger partial charge in [0.25, 0.3) is 0 Å². The molecule has 1 aliphatic heterocycles. The predicted octanol–water partition coefficient (Wildman–Crippen LogP) is 4.21. The molecule has 0 N–H and O–H groups in total. The fourth-order valence-corrected chi connectivity index (χ4v) is 4.56. The second-order valence-corrected chi connectivity index (χ2v) is 8.35. The molecule has 4 rings (SSSR count). The van der Waals surface area contributed by atoms with Gasteiger partial charge in [0.1, 0.15) is 5.69 Å². The summed E-state index contributed by atoms with van der Waals surface area (Å²) in [5.74, 6) is 0.0839. The summed E-state index contributed by atoms with van der Waals surface area (Å²) in [6.45, 7) is 0.719. The van der Waals surface area contributed by atoms with Gasteiger partial charge in [0.15, 0.2) is 4.34 Å². The minimum atomic E-state index is -0.533. The number of nitro groups is 1. The van der Waals surface area contributed by atoms with Crippen LogP contribution in [0, 0.1) is 10.1 Å². The van der Waals surface area contributed by atoms with E-state index in [2.05, 4.69) is 4.98 Å². The summed E-state index contributed by atoms with van der Waals surface area (Å²) in [5.41, 5.74) is 1.52. The highest BCUT2D eigenvalue weighted by molar-refractivity contribution is 8.00. The van der Waals surface area contributed by atoms with Gasteiger partial charge in [0.2, 0.25) is 18.4 Å². The molecule has 1 saturated heterocycles. The highest BCUT2D eigenvalue weighted by Gasteiger charge is 2.29. The first-order valence-corrected chi connectivity index (χ1v) is 10.8. The Labute approximate surface area is 174 Å². The van der Waals surface area contributed by atoms with Crippen LogP contribution in [-0.2, 0) is 16.1 Å². The lowest BCUT2D eigenvalue weighted by Gasteiger charge is -2.27. The van der Waals surface area contributed by atoms with Crippen LogP contribution in [0.4, 0.5) is 11.4 Å². The van der Waals surface area contributed by atoms with Gasteiger partial charge in [-0.15, -0.1) is 11.3 Å². The van der Waals surface area contributed by atoms with Crippen LogP contribution in [-0.4, -0.2) is 35.5 Å². The van der Waals surface area contributed by atoms with Crippen molar-refractivity contribution in [3.63, 3.8) is 0 Å². The van der Waals surface area contributed by atoms with Crippen molar-refractivity contribution in [1.82, 2.24) is 4.98 Å². The number of carbonyl (C=O) groups excluding carboxylic acids is 1. The van der Waals surface area contributed by atoms with Crippen LogP contribution in [0.2, 0.25) is 0 Å². The monoisotopic (exact) mass is 431 g/mol. The number of carbonyl (C=O) groups is 1. The van der Waals surface area contributed by atoms with Gasteiger partial charge in [-0.3, -0.25) is 14.9 Å². The maximum Gasteiger partial charge on any atom is 0.334 e. The van der Waals surface area contributed by atoms with Crippen molar-refractivity contribution < 1.29 is 19.2 Å². The topological polar surface area (TPSA) is 94.8 Å². The summed E-state index contributed by atoms with van der Waals surface area (Å²) in [4.78, 5) is 29.1. The van der Waals surface area contributed by atoms with Crippen molar-refractivity contribution >= 4 is 51.1 Å². The Morgan fingerprint density at radius 2 is 2.21 bits per heavy atom. The number of thiazole rings is 1. The van der Waals surface area contributed by atoms with E-state index in [-0.39, 0.29) is 23.7 Å². The molecule has 3 aromatic rings. The highest BCUT2D eigenvalue weighted by atomic mass is 32.2. The summed E-state index contributed by atoms with van der Waals surface area (Å²) in [6, 6.07) is 10.4. The zero-order valence-corrected chi connectivity index (χ0v) is 17.1. The molecule has 0 radical (unpaired) electrons. The molecular weight excluding hydrogens is 414 g/mol. The molecule has 2 aromatic carbocycles. The number of nitro benzene ring substituents is 1. The minimum Gasteiger partial charge on any atom is -0.458 e. The molecule has 0 bridgehead atoms. The predicted molar refractivity (Wildman–Crippen MR) is 112 cm³/mol. The second kappa shape index (κ2) is 8.36. The molecule has 1 amide bonds. The Hall–Kier alpha value is -2.69. The quantitative estimate of drug-likeness (QED) is 0.228. The molecule has 1 atom stereocenters. The van der Waals surface area contributed by atoms with Gasteiger partial charge in [-0.05, 0) is 30.0 Å². The van der Waals surface area contributed by atoms with Crippen molar-refractivity contribution in [2.45, 2.75) is 23.6 Å². The van der Waals surface area contributed by atoms with Gasteiger partial charge in [-0.2, -0.15) is 0 Å². The van der Waals surface area contributed by atoms with Crippen molar-refractivity contribution in [3.8, 4) is 5.75 Å². The maximum absolute atomic E-state index is 11.9. The molecule has 0 aliphatic carbocycles. The molecule has 8 nitrogen and oxygen atoms in total. The average Bonchev–Trinajstić information content (AvgIpc) is 3.12. The molecule has 0 spiro atoms. The number of thioether (sulfide) groups is 1. The molecule has 1 fully saturated rings. The molecule has 0 saturated carbocycles. The van der Waals surface area contributed by atoms with E-state index in [1.165, 1.54) is 17.0 Å². The standard InChI is InChI=1S/C19H17N3O5S2/c1-28-19-20-17-12(4-2-7-15(17)29-19)10-21(11-23)13-5-3-6-14(18(13)22(24)25)27-16-8-9-26-16/h2-7,11,16H,8-10H2,1H3. The van der Waals surface area contributed by atoms with E-state index in [0.717, 1.165) is 20.1 Å². The van der Waals surface area contributed by atoms with Gasteiger partial charge in [-0.1, -0.05) is 30.0 Å². The first-order valence-electron chi connectivity index (χ1n) is 8.80. The zero-order valence-electron chi connectivity index (χ0n) is 15.4. The Kier molecular flexibility index (Phi) is 5.65. The first kappa shape index (κ1) is 19.6. The Morgan fingerprint density at radius 1 is 1.41 bits per heavy atom. The van der Waals surface area contributed by atoms with Crippen molar-refractivity contribution in [1.29, 1.82) is 0 Å². The summed E-state index contributed by atoms with van der Waals surface area (Å²) in [5, 5.41) is 11.8. The van der Waals surface area contributed by atoms with Crippen LogP contribution in [0.15, 0.2) is 40.7 Å². The molecule has 10 heteroatoms. The fourth-order valence-electron chi connectivity index (χ4n) is 3.03. The molecule has 1 unspecified atom stereocenters. The summed E-state index contributed by atoms with van der Waals surface area (Å²) < 4.78 is 12.7. The summed E-state index contributed by atoms with van der Waals surface area (Å²) in [6.07, 6.45) is 2.72.